The first-order valence-electron chi connectivity index (χ1n) is 6.86. The number of amides is 2. The summed E-state index contributed by atoms with van der Waals surface area (Å²) in [5.41, 5.74) is 5.64. The van der Waals surface area contributed by atoms with E-state index >= 15 is 0 Å². The fourth-order valence-corrected chi connectivity index (χ4v) is 2.10. The Balaban J connectivity index is 2.25. The second-order valence-corrected chi connectivity index (χ2v) is 5.44. The van der Waals surface area contributed by atoms with E-state index in [0.29, 0.717) is 12.8 Å². The van der Waals surface area contributed by atoms with Gasteiger partial charge in [-0.2, -0.15) is 0 Å². The molecule has 2 amide bonds. The van der Waals surface area contributed by atoms with Crippen molar-refractivity contribution in [2.45, 2.75) is 25.8 Å². The van der Waals surface area contributed by atoms with Gasteiger partial charge in [0, 0.05) is 65.7 Å². The fraction of sp³-hybridized carbons (Fsp3) is 0.846. The first-order chi connectivity index (χ1) is 8.90. The fourth-order valence-electron chi connectivity index (χ4n) is 2.10. The highest BCUT2D eigenvalue weighted by molar-refractivity contribution is 5.77. The second kappa shape index (κ2) is 7.45. The van der Waals surface area contributed by atoms with Crippen molar-refractivity contribution in [3.05, 3.63) is 0 Å². The summed E-state index contributed by atoms with van der Waals surface area (Å²) in [6.45, 7) is 5.77. The zero-order valence-electron chi connectivity index (χ0n) is 12.3. The molecule has 6 nitrogen and oxygen atoms in total. The molecule has 6 heteroatoms. The van der Waals surface area contributed by atoms with Gasteiger partial charge in [-0.05, 0) is 6.92 Å². The monoisotopic (exact) mass is 270 g/mol. The van der Waals surface area contributed by atoms with Crippen LogP contribution in [0.15, 0.2) is 0 Å². The first-order valence-corrected chi connectivity index (χ1v) is 6.86. The predicted octanol–water partition coefficient (Wildman–Crippen LogP) is -0.654. The van der Waals surface area contributed by atoms with E-state index in [4.69, 9.17) is 5.73 Å². The van der Waals surface area contributed by atoms with Gasteiger partial charge in [0.25, 0.3) is 0 Å². The molecule has 0 bridgehead atoms. The molecular formula is C13H26N4O2. The van der Waals surface area contributed by atoms with Crippen molar-refractivity contribution in [2.75, 3.05) is 46.8 Å². The van der Waals surface area contributed by atoms with Crippen LogP contribution < -0.4 is 5.73 Å². The normalized spacial score (nSPS) is 18.2. The largest absolute Gasteiger partial charge is 0.349 e. The Kier molecular flexibility index (Phi) is 6.24. The number of carbonyl (C=O) groups is 2. The van der Waals surface area contributed by atoms with Gasteiger partial charge in [0.05, 0.1) is 0 Å². The van der Waals surface area contributed by atoms with Crippen LogP contribution in [0.25, 0.3) is 0 Å². The van der Waals surface area contributed by atoms with E-state index in [2.05, 4.69) is 4.90 Å². The Morgan fingerprint density at radius 1 is 1.21 bits per heavy atom. The summed E-state index contributed by atoms with van der Waals surface area (Å²) in [5, 5.41) is 0. The van der Waals surface area contributed by atoms with Crippen LogP contribution in [0, 0.1) is 0 Å². The quantitative estimate of drug-likeness (QED) is 0.720. The molecule has 0 aromatic heterocycles. The van der Waals surface area contributed by atoms with Gasteiger partial charge in [0.1, 0.15) is 0 Å². The van der Waals surface area contributed by atoms with E-state index in [9.17, 15) is 9.59 Å². The molecule has 1 rings (SSSR count). The lowest BCUT2D eigenvalue weighted by atomic mass is 10.2. The molecule has 0 aliphatic carbocycles. The highest BCUT2D eigenvalue weighted by atomic mass is 16.2. The highest BCUT2D eigenvalue weighted by Gasteiger charge is 2.21. The molecule has 1 unspecified atom stereocenters. The summed E-state index contributed by atoms with van der Waals surface area (Å²) in [6, 6.07) is -0.0803. The molecule has 0 aromatic rings. The van der Waals surface area contributed by atoms with Crippen molar-refractivity contribution in [3.8, 4) is 0 Å². The smallest absolute Gasteiger partial charge is 0.224 e. The molecule has 19 heavy (non-hydrogen) atoms. The molecule has 1 aliphatic rings. The van der Waals surface area contributed by atoms with Crippen LogP contribution in [0.3, 0.4) is 0 Å². The molecule has 1 atom stereocenters. The zero-order valence-corrected chi connectivity index (χ0v) is 12.3. The molecule has 0 saturated carbocycles. The average Bonchev–Trinajstić information content (AvgIpc) is 2.35. The Labute approximate surface area is 115 Å². The maximum atomic E-state index is 11.8. The first kappa shape index (κ1) is 15.9. The maximum absolute atomic E-state index is 11.8. The van der Waals surface area contributed by atoms with Crippen LogP contribution in [-0.4, -0.2) is 79.4 Å². The zero-order chi connectivity index (χ0) is 14.4. The molecule has 0 aromatic carbocycles. The van der Waals surface area contributed by atoms with E-state index in [0.717, 1.165) is 32.7 Å². The molecule has 1 heterocycles. The van der Waals surface area contributed by atoms with E-state index < -0.39 is 0 Å². The minimum absolute atomic E-state index is 0.0803. The van der Waals surface area contributed by atoms with Crippen LogP contribution in [0.4, 0.5) is 0 Å². The van der Waals surface area contributed by atoms with E-state index in [1.165, 1.54) is 0 Å². The lowest BCUT2D eigenvalue weighted by Crippen LogP contribution is -2.50. The molecule has 1 aliphatic heterocycles. The summed E-state index contributed by atoms with van der Waals surface area (Å²) in [5.74, 6) is 0.287. The van der Waals surface area contributed by atoms with Crippen LogP contribution >= 0.6 is 0 Å². The predicted molar refractivity (Wildman–Crippen MR) is 74.6 cm³/mol. The van der Waals surface area contributed by atoms with Gasteiger partial charge in [-0.15, -0.1) is 0 Å². The van der Waals surface area contributed by atoms with Crippen molar-refractivity contribution in [3.63, 3.8) is 0 Å². The van der Waals surface area contributed by atoms with Gasteiger partial charge in [0.2, 0.25) is 11.8 Å². The third-order valence-corrected chi connectivity index (χ3v) is 3.36. The van der Waals surface area contributed by atoms with Crippen LogP contribution in [0.1, 0.15) is 19.8 Å². The van der Waals surface area contributed by atoms with Crippen molar-refractivity contribution >= 4 is 11.8 Å². The van der Waals surface area contributed by atoms with Gasteiger partial charge in [-0.1, -0.05) is 0 Å². The molecule has 0 spiro atoms. The molecule has 1 fully saturated rings. The molecule has 0 radical (unpaired) electrons. The lowest BCUT2D eigenvalue weighted by Gasteiger charge is -2.35. The number of nitrogens with zero attached hydrogens (tertiary/aromatic N) is 3. The minimum Gasteiger partial charge on any atom is -0.349 e. The van der Waals surface area contributed by atoms with Gasteiger partial charge in [0.15, 0.2) is 0 Å². The third kappa shape index (κ3) is 5.57. The van der Waals surface area contributed by atoms with Crippen molar-refractivity contribution in [1.29, 1.82) is 0 Å². The molecular weight excluding hydrogens is 244 g/mol. The second-order valence-electron chi connectivity index (χ2n) is 5.44. The molecule has 110 valence electrons. The van der Waals surface area contributed by atoms with Crippen molar-refractivity contribution < 1.29 is 9.59 Å². The Morgan fingerprint density at radius 3 is 2.26 bits per heavy atom. The van der Waals surface area contributed by atoms with Crippen LogP contribution in [-0.2, 0) is 9.59 Å². The number of hydrogen-bond donors (Lipinski definition) is 1. The summed E-state index contributed by atoms with van der Waals surface area (Å²) < 4.78 is 0. The van der Waals surface area contributed by atoms with Gasteiger partial charge in [-0.3, -0.25) is 14.5 Å². The Hall–Kier alpha value is -1.14. The summed E-state index contributed by atoms with van der Waals surface area (Å²) in [6.07, 6.45) is 0.958. The standard InChI is InChI=1S/C13H26N4O2/c1-11(14)10-13(19)17-8-6-16(7-9-17)5-4-12(18)15(2)3/h11H,4-10,14H2,1-3H3. The molecule has 2 N–H and O–H groups in total. The van der Waals surface area contributed by atoms with E-state index in [-0.39, 0.29) is 17.9 Å². The summed E-state index contributed by atoms with van der Waals surface area (Å²) >= 11 is 0. The van der Waals surface area contributed by atoms with Gasteiger partial charge in [-0.25, -0.2) is 0 Å². The maximum Gasteiger partial charge on any atom is 0.224 e. The summed E-state index contributed by atoms with van der Waals surface area (Å²) in [4.78, 5) is 29.1. The average molecular weight is 270 g/mol. The van der Waals surface area contributed by atoms with Crippen molar-refractivity contribution in [2.24, 2.45) is 5.73 Å². The number of hydrogen-bond acceptors (Lipinski definition) is 4. The van der Waals surface area contributed by atoms with E-state index in [1.54, 1.807) is 19.0 Å². The lowest BCUT2D eigenvalue weighted by molar-refractivity contribution is -0.134. The Morgan fingerprint density at radius 2 is 1.79 bits per heavy atom. The number of piperazine rings is 1. The van der Waals surface area contributed by atoms with Gasteiger partial charge >= 0.3 is 0 Å². The van der Waals surface area contributed by atoms with Crippen LogP contribution in [0.5, 0.6) is 0 Å². The highest BCUT2D eigenvalue weighted by Crippen LogP contribution is 2.05. The third-order valence-electron chi connectivity index (χ3n) is 3.36. The van der Waals surface area contributed by atoms with Crippen LogP contribution in [0.2, 0.25) is 0 Å². The van der Waals surface area contributed by atoms with Crippen molar-refractivity contribution in [1.82, 2.24) is 14.7 Å². The summed E-state index contributed by atoms with van der Waals surface area (Å²) in [7, 11) is 3.54. The number of carbonyl (C=O) groups excluding carboxylic acids is 2. The number of nitrogens with two attached hydrogens (primary N) is 1. The van der Waals surface area contributed by atoms with E-state index in [1.807, 2.05) is 11.8 Å². The molecule has 1 saturated heterocycles. The number of rotatable bonds is 5. The minimum atomic E-state index is -0.0803. The SMILES string of the molecule is CC(N)CC(=O)N1CCN(CCC(=O)N(C)C)CC1. The Bertz CT molecular complexity index is 310. The topological polar surface area (TPSA) is 69.9 Å². The van der Waals surface area contributed by atoms with Gasteiger partial charge < -0.3 is 15.5 Å².